The molecule has 8 heteroatoms. The van der Waals surface area contributed by atoms with E-state index < -0.39 is 0 Å². The summed E-state index contributed by atoms with van der Waals surface area (Å²) in [6.45, 7) is 1.92. The molecule has 0 saturated carbocycles. The molecule has 1 aliphatic carbocycles. The third-order valence-electron chi connectivity index (χ3n) is 6.09. The van der Waals surface area contributed by atoms with Crippen molar-refractivity contribution in [2.24, 2.45) is 0 Å². The lowest BCUT2D eigenvalue weighted by Crippen LogP contribution is -2.29. The molecule has 0 radical (unpaired) electrons. The number of methoxy groups -OCH3 is 3. The molecule has 6 nitrogen and oxygen atoms in total. The summed E-state index contributed by atoms with van der Waals surface area (Å²) >= 11 is 2.81. The number of nitrogens with one attached hydrogen (secondary N) is 1. The van der Waals surface area contributed by atoms with E-state index in [-0.39, 0.29) is 17.4 Å². The summed E-state index contributed by atoms with van der Waals surface area (Å²) in [5, 5.41) is 5.10. The highest BCUT2D eigenvalue weighted by Crippen LogP contribution is 2.50. The maximum absolute atomic E-state index is 13.2. The van der Waals surface area contributed by atoms with Crippen molar-refractivity contribution in [1.82, 2.24) is 5.32 Å². The van der Waals surface area contributed by atoms with Crippen LogP contribution in [0, 0.1) is 6.92 Å². The minimum absolute atomic E-state index is 0.0804. The van der Waals surface area contributed by atoms with Crippen LogP contribution >= 0.6 is 23.1 Å². The van der Waals surface area contributed by atoms with Crippen LogP contribution in [0.25, 0.3) is 11.1 Å². The van der Waals surface area contributed by atoms with Gasteiger partial charge in [-0.25, -0.2) is 0 Å². The van der Waals surface area contributed by atoms with Crippen molar-refractivity contribution in [1.29, 1.82) is 0 Å². The minimum atomic E-state index is -0.354. The van der Waals surface area contributed by atoms with Gasteiger partial charge in [0.05, 0.1) is 37.1 Å². The number of amides is 1. The number of thiophene rings is 1. The average molecular weight is 498 g/mol. The number of carbonyl (C=O) groups is 1. The standard InChI is InChI=1S/C26H27NO5S2/c1-14-10-11-34-25(14)26(29)27-18-8-6-15-12-20(30-2)23(31-3)24(32-4)22(15)16-7-9-21(33-5)19(28)13-17(16)18/h7,9-13,18H,6,8H2,1-5H3,(H,27,29)/t18-/m0/s1. The van der Waals surface area contributed by atoms with Gasteiger partial charge in [-0.1, -0.05) is 6.07 Å². The van der Waals surface area contributed by atoms with Crippen molar-refractivity contribution < 1.29 is 19.0 Å². The fraction of sp³-hybridized carbons (Fsp3) is 0.308. The summed E-state index contributed by atoms with van der Waals surface area (Å²) in [5.41, 5.74) is 4.30. The fourth-order valence-corrected chi connectivity index (χ4v) is 5.74. The lowest BCUT2D eigenvalue weighted by Gasteiger charge is -2.20. The Labute approximate surface area is 207 Å². The Kier molecular flexibility index (Phi) is 7.19. The second-order valence-corrected chi connectivity index (χ2v) is 9.72. The van der Waals surface area contributed by atoms with Crippen LogP contribution in [0.4, 0.5) is 0 Å². The van der Waals surface area contributed by atoms with Gasteiger partial charge >= 0.3 is 0 Å². The fourth-order valence-electron chi connectivity index (χ4n) is 4.45. The van der Waals surface area contributed by atoms with Crippen LogP contribution in [-0.4, -0.2) is 33.5 Å². The van der Waals surface area contributed by atoms with Crippen molar-refractivity contribution in [2.75, 3.05) is 27.6 Å². The van der Waals surface area contributed by atoms with Crippen LogP contribution in [0.3, 0.4) is 0 Å². The molecule has 1 aromatic heterocycles. The largest absolute Gasteiger partial charge is 0.493 e. The zero-order valence-corrected chi connectivity index (χ0v) is 21.4. The Morgan fingerprint density at radius 2 is 1.85 bits per heavy atom. The molecule has 34 heavy (non-hydrogen) atoms. The Morgan fingerprint density at radius 1 is 1.09 bits per heavy atom. The second-order valence-electron chi connectivity index (χ2n) is 7.96. The van der Waals surface area contributed by atoms with Gasteiger partial charge in [0.15, 0.2) is 16.9 Å². The van der Waals surface area contributed by atoms with Gasteiger partial charge in [0.1, 0.15) is 0 Å². The molecule has 178 valence electrons. The van der Waals surface area contributed by atoms with E-state index in [9.17, 15) is 9.59 Å². The van der Waals surface area contributed by atoms with Crippen LogP contribution in [0.15, 0.2) is 45.4 Å². The van der Waals surface area contributed by atoms with Gasteiger partial charge in [0.25, 0.3) is 5.91 Å². The summed E-state index contributed by atoms with van der Waals surface area (Å²) < 4.78 is 17.0. The molecule has 0 bridgehead atoms. The molecule has 1 atom stereocenters. The zero-order chi connectivity index (χ0) is 24.4. The maximum atomic E-state index is 13.2. The maximum Gasteiger partial charge on any atom is 0.262 e. The van der Waals surface area contributed by atoms with Crippen molar-refractivity contribution in [3.63, 3.8) is 0 Å². The van der Waals surface area contributed by atoms with E-state index in [1.165, 1.54) is 23.1 Å². The van der Waals surface area contributed by atoms with Gasteiger partial charge in [-0.05, 0) is 77.9 Å². The average Bonchev–Trinajstić information content (AvgIpc) is 3.13. The number of ether oxygens (including phenoxy) is 3. The number of carbonyl (C=O) groups excluding carboxylic acids is 1. The summed E-state index contributed by atoms with van der Waals surface area (Å²) in [6, 6.07) is 8.96. The number of fused-ring (bicyclic) bond motifs is 3. The van der Waals surface area contributed by atoms with Crippen molar-refractivity contribution in [3.8, 4) is 28.4 Å². The topological polar surface area (TPSA) is 73.9 Å². The molecule has 0 fully saturated rings. The number of thioether (sulfide) groups is 1. The smallest absolute Gasteiger partial charge is 0.262 e. The second kappa shape index (κ2) is 10.1. The molecule has 1 aliphatic rings. The first-order chi connectivity index (χ1) is 16.4. The van der Waals surface area contributed by atoms with Crippen LogP contribution in [0.5, 0.6) is 17.2 Å². The third kappa shape index (κ3) is 4.28. The highest BCUT2D eigenvalue weighted by molar-refractivity contribution is 7.98. The predicted molar refractivity (Wildman–Crippen MR) is 137 cm³/mol. The van der Waals surface area contributed by atoms with Crippen molar-refractivity contribution >= 4 is 29.0 Å². The van der Waals surface area contributed by atoms with Crippen molar-refractivity contribution in [3.05, 3.63) is 67.5 Å². The van der Waals surface area contributed by atoms with Crippen LogP contribution in [0.1, 0.15) is 38.8 Å². The molecule has 0 saturated heterocycles. The Balaban J connectivity index is 1.96. The molecule has 1 amide bonds. The highest BCUT2D eigenvalue weighted by Gasteiger charge is 2.30. The summed E-state index contributed by atoms with van der Waals surface area (Å²) in [7, 11) is 4.76. The van der Waals surface area contributed by atoms with E-state index in [2.05, 4.69) is 5.32 Å². The first-order valence-electron chi connectivity index (χ1n) is 10.8. The van der Waals surface area contributed by atoms with Crippen LogP contribution < -0.4 is 25.0 Å². The third-order valence-corrected chi connectivity index (χ3v) is 7.89. The SMILES string of the molecule is COc1cc2c(c(OC)c1OC)-c1ccc(SC)c(=O)cc1[C@@H](NC(=O)c1sccc1C)CC2. The minimum Gasteiger partial charge on any atom is -0.493 e. The quantitative estimate of drug-likeness (QED) is 0.469. The molecule has 0 aliphatic heterocycles. The van der Waals surface area contributed by atoms with E-state index in [4.69, 9.17) is 14.2 Å². The van der Waals surface area contributed by atoms with Crippen molar-refractivity contribution in [2.45, 2.75) is 30.7 Å². The Morgan fingerprint density at radius 3 is 2.47 bits per heavy atom. The van der Waals surface area contributed by atoms with E-state index in [1.54, 1.807) is 27.4 Å². The lowest BCUT2D eigenvalue weighted by molar-refractivity contribution is 0.0938. The van der Waals surface area contributed by atoms with Gasteiger partial charge < -0.3 is 19.5 Å². The van der Waals surface area contributed by atoms with Gasteiger partial charge in [0.2, 0.25) is 5.75 Å². The molecule has 1 N–H and O–H groups in total. The first kappa shape index (κ1) is 24.2. The van der Waals surface area contributed by atoms with E-state index >= 15 is 0 Å². The molecular weight excluding hydrogens is 470 g/mol. The van der Waals surface area contributed by atoms with Crippen LogP contribution in [0.2, 0.25) is 0 Å². The van der Waals surface area contributed by atoms with E-state index in [0.717, 1.165) is 27.8 Å². The van der Waals surface area contributed by atoms with E-state index in [0.29, 0.717) is 39.9 Å². The van der Waals surface area contributed by atoms with Gasteiger partial charge in [-0.3, -0.25) is 9.59 Å². The lowest BCUT2D eigenvalue weighted by atomic mass is 9.95. The predicted octanol–water partition coefficient (Wildman–Crippen LogP) is 5.25. The molecule has 1 heterocycles. The number of benzene rings is 1. The molecule has 4 rings (SSSR count). The number of rotatable bonds is 6. The number of hydrogen-bond donors (Lipinski definition) is 1. The molecule has 0 unspecified atom stereocenters. The van der Waals surface area contributed by atoms with Crippen LogP contribution in [-0.2, 0) is 6.42 Å². The molecule has 3 aromatic rings. The van der Waals surface area contributed by atoms with E-state index in [1.807, 2.05) is 42.8 Å². The van der Waals surface area contributed by atoms with Gasteiger partial charge in [0, 0.05) is 5.56 Å². The highest BCUT2D eigenvalue weighted by atomic mass is 32.2. The molecule has 2 aromatic carbocycles. The zero-order valence-electron chi connectivity index (χ0n) is 19.8. The Hall–Kier alpha value is -2.97. The first-order valence-corrected chi connectivity index (χ1v) is 12.9. The normalized spacial score (nSPS) is 14.4. The number of aryl methyl sites for hydroxylation is 2. The van der Waals surface area contributed by atoms with Gasteiger partial charge in [-0.15, -0.1) is 23.1 Å². The summed E-state index contributed by atoms with van der Waals surface area (Å²) in [6.07, 6.45) is 3.15. The Bertz CT molecular complexity index is 1300. The monoisotopic (exact) mass is 497 g/mol. The number of hydrogen-bond acceptors (Lipinski definition) is 7. The molecular formula is C26H27NO5S2. The van der Waals surface area contributed by atoms with Gasteiger partial charge in [-0.2, -0.15) is 0 Å². The summed E-state index contributed by atoms with van der Waals surface area (Å²) in [4.78, 5) is 27.5. The summed E-state index contributed by atoms with van der Waals surface area (Å²) in [5.74, 6) is 1.47. The molecule has 0 spiro atoms.